The Bertz CT molecular complexity index is 684. The Morgan fingerprint density at radius 2 is 1.65 bits per heavy atom. The summed E-state index contributed by atoms with van der Waals surface area (Å²) in [5.74, 6) is -4.71. The molecule has 0 saturated carbocycles. The topological polar surface area (TPSA) is 46.5 Å². The smallest absolute Gasteiger partial charge is 0.336 e. The second kappa shape index (κ2) is 5.24. The van der Waals surface area contributed by atoms with E-state index in [1.165, 1.54) is 25.3 Å². The van der Waals surface area contributed by atoms with Crippen molar-refractivity contribution in [2.75, 3.05) is 7.11 Å². The summed E-state index contributed by atoms with van der Waals surface area (Å²) in [6.45, 7) is 0. The Hall–Kier alpha value is -2.50. The summed E-state index contributed by atoms with van der Waals surface area (Å²) in [4.78, 5) is 11.2. The fourth-order valence-corrected chi connectivity index (χ4v) is 1.79. The van der Waals surface area contributed by atoms with Crippen molar-refractivity contribution in [3.8, 4) is 16.9 Å². The Labute approximate surface area is 112 Å². The van der Waals surface area contributed by atoms with Gasteiger partial charge in [0.1, 0.15) is 11.6 Å². The molecule has 0 atom stereocenters. The summed E-state index contributed by atoms with van der Waals surface area (Å²) in [6.07, 6.45) is 0. The summed E-state index contributed by atoms with van der Waals surface area (Å²) in [7, 11) is 1.35. The number of benzene rings is 2. The van der Waals surface area contributed by atoms with E-state index >= 15 is 0 Å². The molecular formula is C14H9F3O3. The zero-order valence-corrected chi connectivity index (χ0v) is 10.3. The summed E-state index contributed by atoms with van der Waals surface area (Å²) in [6, 6.07) is 4.86. The quantitative estimate of drug-likeness (QED) is 0.877. The molecule has 0 saturated heterocycles. The molecule has 0 radical (unpaired) electrons. The first kappa shape index (κ1) is 13.9. The van der Waals surface area contributed by atoms with Crippen LogP contribution in [-0.4, -0.2) is 18.2 Å². The van der Waals surface area contributed by atoms with E-state index in [-0.39, 0.29) is 22.4 Å². The molecule has 2 aromatic rings. The van der Waals surface area contributed by atoms with Gasteiger partial charge in [0.05, 0.1) is 12.7 Å². The second-order valence-electron chi connectivity index (χ2n) is 3.96. The number of halogens is 3. The molecule has 0 amide bonds. The van der Waals surface area contributed by atoms with E-state index in [1.807, 2.05) is 0 Å². The first-order valence-electron chi connectivity index (χ1n) is 5.50. The molecule has 1 N–H and O–H groups in total. The molecule has 0 heterocycles. The van der Waals surface area contributed by atoms with Crippen LogP contribution in [0.2, 0.25) is 0 Å². The highest BCUT2D eigenvalue weighted by atomic mass is 19.2. The normalized spacial score (nSPS) is 10.4. The lowest BCUT2D eigenvalue weighted by Gasteiger charge is -2.10. The number of methoxy groups -OCH3 is 1. The maximum absolute atomic E-state index is 13.7. The van der Waals surface area contributed by atoms with E-state index in [1.54, 1.807) is 0 Å². The van der Waals surface area contributed by atoms with Crippen LogP contribution in [0, 0.1) is 17.5 Å². The Kier molecular flexibility index (Phi) is 3.65. The van der Waals surface area contributed by atoms with Crippen LogP contribution in [-0.2, 0) is 0 Å². The van der Waals surface area contributed by atoms with Gasteiger partial charge in [-0.3, -0.25) is 0 Å². The van der Waals surface area contributed by atoms with Gasteiger partial charge in [0.25, 0.3) is 0 Å². The van der Waals surface area contributed by atoms with Crippen molar-refractivity contribution in [2.45, 2.75) is 0 Å². The molecule has 104 valence electrons. The molecular weight excluding hydrogens is 273 g/mol. The van der Waals surface area contributed by atoms with Gasteiger partial charge >= 0.3 is 5.97 Å². The maximum Gasteiger partial charge on any atom is 0.336 e. The summed E-state index contributed by atoms with van der Waals surface area (Å²) >= 11 is 0. The molecule has 0 aliphatic heterocycles. The van der Waals surface area contributed by atoms with Gasteiger partial charge in [-0.05, 0) is 29.8 Å². The second-order valence-corrected chi connectivity index (χ2v) is 3.96. The number of rotatable bonds is 3. The molecule has 0 aliphatic carbocycles. The highest BCUT2D eigenvalue weighted by molar-refractivity contribution is 5.96. The molecule has 2 rings (SSSR count). The SMILES string of the molecule is COc1ccc(-c2cc(F)c(F)cc2F)c(C(=O)O)c1. The molecule has 20 heavy (non-hydrogen) atoms. The van der Waals surface area contributed by atoms with Gasteiger partial charge in [0.2, 0.25) is 0 Å². The molecule has 0 aliphatic rings. The third kappa shape index (κ3) is 2.45. The molecule has 0 spiro atoms. The minimum absolute atomic E-state index is 0.0605. The third-order valence-electron chi connectivity index (χ3n) is 2.76. The fraction of sp³-hybridized carbons (Fsp3) is 0.0714. The average Bonchev–Trinajstić information content (AvgIpc) is 2.42. The van der Waals surface area contributed by atoms with Gasteiger partial charge in [-0.15, -0.1) is 0 Å². The first-order chi connectivity index (χ1) is 9.43. The number of hydrogen-bond acceptors (Lipinski definition) is 2. The predicted molar refractivity (Wildman–Crippen MR) is 65.3 cm³/mol. The summed E-state index contributed by atoms with van der Waals surface area (Å²) < 4.78 is 44.7. The number of hydrogen-bond donors (Lipinski definition) is 1. The van der Waals surface area contributed by atoms with Crippen LogP contribution in [0.3, 0.4) is 0 Å². The van der Waals surface area contributed by atoms with Gasteiger partial charge in [-0.2, -0.15) is 0 Å². The van der Waals surface area contributed by atoms with E-state index < -0.39 is 23.4 Å². The third-order valence-corrected chi connectivity index (χ3v) is 2.76. The highest BCUT2D eigenvalue weighted by Gasteiger charge is 2.18. The molecule has 0 bridgehead atoms. The molecule has 0 fully saturated rings. The van der Waals surface area contributed by atoms with E-state index in [4.69, 9.17) is 9.84 Å². The largest absolute Gasteiger partial charge is 0.497 e. The number of carboxylic acid groups (broad SMARTS) is 1. The van der Waals surface area contributed by atoms with E-state index in [0.717, 1.165) is 0 Å². The van der Waals surface area contributed by atoms with Crippen LogP contribution in [0.1, 0.15) is 10.4 Å². The number of aromatic carboxylic acids is 1. The van der Waals surface area contributed by atoms with Crippen molar-refractivity contribution in [3.05, 3.63) is 53.3 Å². The first-order valence-corrected chi connectivity index (χ1v) is 5.50. The standard InChI is InChI=1S/C14H9F3O3/c1-20-7-2-3-8(10(4-7)14(18)19)9-5-12(16)13(17)6-11(9)15/h2-6H,1H3,(H,18,19). The number of ether oxygens (including phenoxy) is 1. The Morgan fingerprint density at radius 1 is 1.00 bits per heavy atom. The lowest BCUT2D eigenvalue weighted by molar-refractivity contribution is 0.0697. The highest BCUT2D eigenvalue weighted by Crippen LogP contribution is 2.30. The summed E-state index contributed by atoms with van der Waals surface area (Å²) in [5, 5.41) is 9.12. The van der Waals surface area contributed by atoms with Crippen LogP contribution in [0.5, 0.6) is 5.75 Å². The van der Waals surface area contributed by atoms with E-state index in [9.17, 15) is 18.0 Å². The zero-order valence-electron chi connectivity index (χ0n) is 10.3. The Balaban J connectivity index is 2.69. The lowest BCUT2D eigenvalue weighted by atomic mass is 9.98. The van der Waals surface area contributed by atoms with Gasteiger partial charge in [0, 0.05) is 11.6 Å². The number of carboxylic acids is 1. The molecule has 3 nitrogen and oxygen atoms in total. The number of carbonyl (C=O) groups is 1. The van der Waals surface area contributed by atoms with Crippen LogP contribution in [0.4, 0.5) is 13.2 Å². The van der Waals surface area contributed by atoms with Gasteiger partial charge < -0.3 is 9.84 Å². The average molecular weight is 282 g/mol. The molecule has 0 unspecified atom stereocenters. The van der Waals surface area contributed by atoms with Gasteiger partial charge in [-0.1, -0.05) is 0 Å². The molecule has 0 aromatic heterocycles. The van der Waals surface area contributed by atoms with Crippen molar-refractivity contribution < 1.29 is 27.8 Å². The maximum atomic E-state index is 13.7. The van der Waals surface area contributed by atoms with Crippen molar-refractivity contribution in [2.24, 2.45) is 0 Å². The van der Waals surface area contributed by atoms with Gasteiger partial charge in [-0.25, -0.2) is 18.0 Å². The van der Waals surface area contributed by atoms with Crippen molar-refractivity contribution in [1.29, 1.82) is 0 Å². The minimum Gasteiger partial charge on any atom is -0.497 e. The fourth-order valence-electron chi connectivity index (χ4n) is 1.79. The van der Waals surface area contributed by atoms with Crippen molar-refractivity contribution in [1.82, 2.24) is 0 Å². The predicted octanol–water partition coefficient (Wildman–Crippen LogP) is 3.48. The lowest BCUT2D eigenvalue weighted by Crippen LogP contribution is -2.02. The van der Waals surface area contributed by atoms with E-state index in [0.29, 0.717) is 12.1 Å². The zero-order chi connectivity index (χ0) is 14.9. The monoisotopic (exact) mass is 282 g/mol. The molecule has 6 heteroatoms. The van der Waals surface area contributed by atoms with Crippen LogP contribution in [0.25, 0.3) is 11.1 Å². The van der Waals surface area contributed by atoms with Gasteiger partial charge in [0.15, 0.2) is 11.6 Å². The summed E-state index contributed by atoms with van der Waals surface area (Å²) in [5.41, 5.74) is -0.659. The van der Waals surface area contributed by atoms with Crippen molar-refractivity contribution in [3.63, 3.8) is 0 Å². The van der Waals surface area contributed by atoms with E-state index in [2.05, 4.69) is 0 Å². The molecule has 2 aromatic carbocycles. The van der Waals surface area contributed by atoms with Crippen LogP contribution in [0.15, 0.2) is 30.3 Å². The van der Waals surface area contributed by atoms with Crippen molar-refractivity contribution >= 4 is 5.97 Å². The minimum atomic E-state index is -1.34. The Morgan fingerprint density at radius 3 is 2.25 bits per heavy atom. The van der Waals surface area contributed by atoms with Crippen LogP contribution >= 0.6 is 0 Å². The van der Waals surface area contributed by atoms with Crippen LogP contribution < -0.4 is 4.74 Å².